The van der Waals surface area contributed by atoms with Crippen LogP contribution in [0.2, 0.25) is 0 Å². The molecule has 7 rings (SSSR count). The molecule has 1 aromatic heterocycles. The van der Waals surface area contributed by atoms with E-state index in [9.17, 15) is 0 Å². The molecule has 0 spiro atoms. The first-order valence-electron chi connectivity index (χ1n) is 13.8. The SMILES string of the molecule is C=C1/C=C\C=C/CN(c2cc(-c3cccc(-n4c5ccccc5c5ccccc54)c3)ccc2C)c2ccccc21. The Kier molecular flexibility index (Phi) is 5.94. The minimum absolute atomic E-state index is 0.778. The Bertz CT molecular complexity index is 1910. The Morgan fingerprint density at radius 3 is 2.12 bits per heavy atom. The first kappa shape index (κ1) is 24.0. The number of fused-ring (bicyclic) bond motifs is 4. The van der Waals surface area contributed by atoms with Crippen LogP contribution in [0.1, 0.15) is 11.1 Å². The molecule has 0 saturated heterocycles. The van der Waals surface area contributed by atoms with Crippen LogP contribution in [-0.2, 0) is 0 Å². The van der Waals surface area contributed by atoms with Gasteiger partial charge in [-0.1, -0.05) is 110 Å². The molecule has 2 heterocycles. The second kappa shape index (κ2) is 9.91. The third kappa shape index (κ3) is 4.06. The highest BCUT2D eigenvalue weighted by Crippen LogP contribution is 2.38. The van der Waals surface area contributed by atoms with Crippen LogP contribution in [0.5, 0.6) is 0 Å². The third-order valence-corrected chi connectivity index (χ3v) is 7.89. The molecule has 0 amide bonds. The van der Waals surface area contributed by atoms with Gasteiger partial charge >= 0.3 is 0 Å². The average Bonchev–Trinajstić information content (AvgIpc) is 3.37. The zero-order valence-corrected chi connectivity index (χ0v) is 22.6. The first-order valence-corrected chi connectivity index (χ1v) is 13.8. The van der Waals surface area contributed by atoms with E-state index in [-0.39, 0.29) is 0 Å². The zero-order chi connectivity index (χ0) is 27.1. The van der Waals surface area contributed by atoms with E-state index in [1.807, 2.05) is 0 Å². The summed E-state index contributed by atoms with van der Waals surface area (Å²) >= 11 is 0. The minimum Gasteiger partial charge on any atom is -0.337 e. The van der Waals surface area contributed by atoms with Crippen molar-refractivity contribution in [1.82, 2.24) is 4.57 Å². The summed E-state index contributed by atoms with van der Waals surface area (Å²) in [6.07, 6.45) is 8.48. The summed E-state index contributed by atoms with van der Waals surface area (Å²) in [6, 6.07) is 41.6. The Balaban J connectivity index is 1.36. The van der Waals surface area contributed by atoms with Gasteiger partial charge in [-0.25, -0.2) is 0 Å². The number of hydrogen-bond donors (Lipinski definition) is 0. The molecule has 0 aliphatic carbocycles. The van der Waals surface area contributed by atoms with E-state index >= 15 is 0 Å². The molecule has 1 aliphatic heterocycles. The molecule has 0 radical (unpaired) electrons. The number of aromatic nitrogens is 1. The third-order valence-electron chi connectivity index (χ3n) is 7.89. The van der Waals surface area contributed by atoms with Crippen LogP contribution in [0.15, 0.2) is 146 Å². The van der Waals surface area contributed by atoms with Crippen LogP contribution in [0.25, 0.3) is 44.2 Å². The Morgan fingerprint density at radius 1 is 0.625 bits per heavy atom. The largest absolute Gasteiger partial charge is 0.337 e. The summed E-state index contributed by atoms with van der Waals surface area (Å²) in [7, 11) is 0. The number of hydrogen-bond acceptors (Lipinski definition) is 1. The summed E-state index contributed by atoms with van der Waals surface area (Å²) in [4.78, 5) is 2.40. The summed E-state index contributed by atoms with van der Waals surface area (Å²) in [5, 5.41) is 2.55. The van der Waals surface area contributed by atoms with E-state index in [0.717, 1.165) is 23.4 Å². The van der Waals surface area contributed by atoms with Crippen molar-refractivity contribution in [2.75, 3.05) is 11.4 Å². The molecule has 2 heteroatoms. The molecule has 0 bridgehead atoms. The van der Waals surface area contributed by atoms with E-state index in [1.165, 1.54) is 49.9 Å². The standard InChI is InChI=1S/C38H30N2/c1-27-13-4-3-11-24-39(35-19-8-5-16-32(27)35)38-26-30(23-22-28(38)2)29-14-12-15-31(25-29)40-36-20-9-6-17-33(36)34-18-7-10-21-37(34)40/h3-23,25-26H,1,24H2,2H3/b11-3-,13-4-. The van der Waals surface area contributed by atoms with Crippen molar-refractivity contribution >= 4 is 38.8 Å². The highest BCUT2D eigenvalue weighted by molar-refractivity contribution is 6.09. The predicted octanol–water partition coefficient (Wildman–Crippen LogP) is 10.0. The van der Waals surface area contributed by atoms with Crippen molar-refractivity contribution in [2.24, 2.45) is 0 Å². The monoisotopic (exact) mass is 514 g/mol. The lowest BCUT2D eigenvalue weighted by atomic mass is 9.99. The number of benzene rings is 5. The summed E-state index contributed by atoms with van der Waals surface area (Å²) < 4.78 is 2.38. The van der Waals surface area contributed by atoms with Crippen molar-refractivity contribution in [2.45, 2.75) is 6.92 Å². The average molecular weight is 515 g/mol. The Morgan fingerprint density at radius 2 is 1.32 bits per heavy atom. The van der Waals surface area contributed by atoms with Gasteiger partial charge in [0.1, 0.15) is 0 Å². The number of allylic oxidation sites excluding steroid dienone is 4. The van der Waals surface area contributed by atoms with Gasteiger partial charge in [-0.15, -0.1) is 0 Å². The quantitative estimate of drug-likeness (QED) is 0.228. The van der Waals surface area contributed by atoms with E-state index in [2.05, 4.69) is 163 Å². The Hall–Kier alpha value is -5.08. The van der Waals surface area contributed by atoms with E-state index in [0.29, 0.717) is 0 Å². The molecule has 6 aromatic rings. The fourth-order valence-corrected chi connectivity index (χ4v) is 5.92. The lowest BCUT2D eigenvalue weighted by molar-refractivity contribution is 1.08. The van der Waals surface area contributed by atoms with Crippen LogP contribution in [0.3, 0.4) is 0 Å². The normalized spacial score (nSPS) is 14.9. The molecule has 2 nitrogen and oxygen atoms in total. The number of nitrogens with zero attached hydrogens (tertiary/aromatic N) is 2. The van der Waals surface area contributed by atoms with Gasteiger partial charge in [-0.05, 0) is 65.6 Å². The van der Waals surface area contributed by atoms with Crippen LogP contribution >= 0.6 is 0 Å². The van der Waals surface area contributed by atoms with Gasteiger partial charge < -0.3 is 9.47 Å². The van der Waals surface area contributed by atoms with Gasteiger partial charge in [0.2, 0.25) is 0 Å². The Labute approximate surface area is 235 Å². The van der Waals surface area contributed by atoms with Crippen molar-refractivity contribution < 1.29 is 0 Å². The molecule has 0 unspecified atom stereocenters. The highest BCUT2D eigenvalue weighted by Gasteiger charge is 2.17. The van der Waals surface area contributed by atoms with Crippen LogP contribution in [0, 0.1) is 6.92 Å². The number of para-hydroxylation sites is 3. The summed E-state index contributed by atoms with van der Waals surface area (Å²) in [5.74, 6) is 0. The summed E-state index contributed by atoms with van der Waals surface area (Å²) in [6.45, 7) is 7.31. The first-order chi connectivity index (χ1) is 19.7. The van der Waals surface area contributed by atoms with Gasteiger partial charge in [-0.2, -0.15) is 0 Å². The lowest BCUT2D eigenvalue weighted by Gasteiger charge is -2.28. The van der Waals surface area contributed by atoms with Crippen LogP contribution in [0.4, 0.5) is 11.4 Å². The van der Waals surface area contributed by atoms with Gasteiger partial charge in [0.25, 0.3) is 0 Å². The molecule has 0 fully saturated rings. The van der Waals surface area contributed by atoms with Crippen molar-refractivity contribution in [3.63, 3.8) is 0 Å². The topological polar surface area (TPSA) is 8.17 Å². The molecule has 5 aromatic carbocycles. The fraction of sp³-hybridized carbons (Fsp3) is 0.0526. The maximum absolute atomic E-state index is 4.34. The fourth-order valence-electron chi connectivity index (χ4n) is 5.92. The van der Waals surface area contributed by atoms with Crippen molar-refractivity contribution in [3.05, 3.63) is 157 Å². The van der Waals surface area contributed by atoms with Gasteiger partial charge in [-0.3, -0.25) is 0 Å². The molecule has 192 valence electrons. The van der Waals surface area contributed by atoms with Crippen LogP contribution < -0.4 is 4.90 Å². The zero-order valence-electron chi connectivity index (χ0n) is 22.6. The molecular weight excluding hydrogens is 484 g/mol. The number of rotatable bonds is 3. The molecule has 40 heavy (non-hydrogen) atoms. The maximum Gasteiger partial charge on any atom is 0.0541 e. The second-order valence-corrected chi connectivity index (χ2v) is 10.4. The smallest absolute Gasteiger partial charge is 0.0541 e. The number of anilines is 2. The predicted molar refractivity (Wildman–Crippen MR) is 172 cm³/mol. The molecule has 1 aliphatic rings. The summed E-state index contributed by atoms with van der Waals surface area (Å²) in [5.41, 5.74) is 11.8. The molecule has 0 N–H and O–H groups in total. The minimum atomic E-state index is 0.778. The van der Waals surface area contributed by atoms with Crippen molar-refractivity contribution in [3.8, 4) is 16.8 Å². The van der Waals surface area contributed by atoms with E-state index < -0.39 is 0 Å². The van der Waals surface area contributed by atoms with Crippen molar-refractivity contribution in [1.29, 1.82) is 0 Å². The second-order valence-electron chi connectivity index (χ2n) is 10.4. The molecule has 0 saturated carbocycles. The van der Waals surface area contributed by atoms with Gasteiger partial charge in [0.15, 0.2) is 0 Å². The van der Waals surface area contributed by atoms with Crippen LogP contribution in [-0.4, -0.2) is 11.1 Å². The molecular formula is C38H30N2. The number of aryl methyl sites for hydroxylation is 1. The highest BCUT2D eigenvalue weighted by atomic mass is 15.1. The van der Waals surface area contributed by atoms with E-state index in [4.69, 9.17) is 0 Å². The molecule has 0 atom stereocenters. The lowest BCUT2D eigenvalue weighted by Crippen LogP contribution is -2.19. The van der Waals surface area contributed by atoms with E-state index in [1.54, 1.807) is 0 Å². The maximum atomic E-state index is 4.34. The van der Waals surface area contributed by atoms with Gasteiger partial charge in [0, 0.05) is 39.9 Å². The van der Waals surface area contributed by atoms with Gasteiger partial charge in [0.05, 0.1) is 11.0 Å².